The van der Waals surface area contributed by atoms with Gasteiger partial charge >= 0.3 is 0 Å². The van der Waals surface area contributed by atoms with E-state index in [2.05, 4.69) is 0 Å². The van der Waals surface area contributed by atoms with E-state index in [0.29, 0.717) is 17.4 Å². The summed E-state index contributed by atoms with van der Waals surface area (Å²) in [6.07, 6.45) is 8.23. The minimum absolute atomic E-state index is 0.224. The largest absolute Gasteiger partial charge is 0.328 e. The van der Waals surface area contributed by atoms with Crippen LogP contribution in [-0.4, -0.2) is 26.0 Å². The van der Waals surface area contributed by atoms with Crippen LogP contribution in [0.3, 0.4) is 0 Å². The van der Waals surface area contributed by atoms with Crippen molar-refractivity contribution in [2.45, 2.75) is 51.0 Å². The minimum Gasteiger partial charge on any atom is -0.328 e. The Kier molecular flexibility index (Phi) is 3.90. The van der Waals surface area contributed by atoms with E-state index in [1.165, 1.54) is 25.7 Å². The van der Waals surface area contributed by atoms with E-state index in [1.54, 1.807) is 0 Å². The van der Waals surface area contributed by atoms with Gasteiger partial charge in [0, 0.05) is 6.04 Å². The molecular weight excluding hydrogens is 222 g/mol. The van der Waals surface area contributed by atoms with Crippen molar-refractivity contribution in [2.75, 3.05) is 11.5 Å². The molecule has 0 bridgehead atoms. The van der Waals surface area contributed by atoms with Gasteiger partial charge in [-0.2, -0.15) is 0 Å². The van der Waals surface area contributed by atoms with Gasteiger partial charge in [0.1, 0.15) is 0 Å². The Bertz CT molecular complexity index is 320. The zero-order chi connectivity index (χ0) is 11.6. The summed E-state index contributed by atoms with van der Waals surface area (Å²) in [5, 5.41) is 0. The van der Waals surface area contributed by atoms with Crippen LogP contribution < -0.4 is 5.73 Å². The van der Waals surface area contributed by atoms with Gasteiger partial charge in [-0.25, -0.2) is 8.42 Å². The SMILES string of the molecule is NC(CC1CCCC1)CC1CCS(=O)(=O)C1. The lowest BCUT2D eigenvalue weighted by Gasteiger charge is -2.18. The molecule has 0 aromatic carbocycles. The van der Waals surface area contributed by atoms with Crippen molar-refractivity contribution in [3.05, 3.63) is 0 Å². The molecule has 1 saturated carbocycles. The van der Waals surface area contributed by atoms with Gasteiger partial charge in [-0.1, -0.05) is 25.7 Å². The molecule has 2 rings (SSSR count). The Labute approximate surface area is 98.7 Å². The van der Waals surface area contributed by atoms with Gasteiger partial charge in [-0.05, 0) is 31.1 Å². The fraction of sp³-hybridized carbons (Fsp3) is 1.00. The molecule has 94 valence electrons. The number of hydrogen-bond acceptors (Lipinski definition) is 3. The fourth-order valence-electron chi connectivity index (χ4n) is 3.26. The van der Waals surface area contributed by atoms with Crippen LogP contribution in [0.4, 0.5) is 0 Å². The van der Waals surface area contributed by atoms with Gasteiger partial charge in [-0.15, -0.1) is 0 Å². The Morgan fingerprint density at radius 1 is 1.06 bits per heavy atom. The predicted octanol–water partition coefficient (Wildman–Crippen LogP) is 1.72. The molecule has 0 aromatic rings. The molecule has 2 N–H and O–H groups in total. The van der Waals surface area contributed by atoms with Gasteiger partial charge in [-0.3, -0.25) is 0 Å². The van der Waals surface area contributed by atoms with E-state index >= 15 is 0 Å². The minimum atomic E-state index is -2.72. The third-order valence-corrected chi connectivity index (χ3v) is 5.91. The van der Waals surface area contributed by atoms with Crippen molar-refractivity contribution in [1.29, 1.82) is 0 Å². The van der Waals surface area contributed by atoms with E-state index in [9.17, 15) is 8.42 Å². The molecule has 2 fully saturated rings. The summed E-state index contributed by atoms with van der Waals surface area (Å²) < 4.78 is 22.7. The zero-order valence-corrected chi connectivity index (χ0v) is 10.7. The van der Waals surface area contributed by atoms with E-state index < -0.39 is 9.84 Å². The molecule has 1 aliphatic carbocycles. The molecule has 0 radical (unpaired) electrons. The van der Waals surface area contributed by atoms with Gasteiger partial charge in [0.2, 0.25) is 0 Å². The van der Waals surface area contributed by atoms with E-state index in [4.69, 9.17) is 5.73 Å². The summed E-state index contributed by atoms with van der Waals surface area (Å²) in [7, 11) is -2.72. The molecule has 16 heavy (non-hydrogen) atoms. The van der Waals surface area contributed by atoms with Crippen LogP contribution in [0.1, 0.15) is 44.9 Å². The average Bonchev–Trinajstić information content (AvgIpc) is 2.76. The second kappa shape index (κ2) is 5.05. The standard InChI is InChI=1S/C12H23NO2S/c13-12(7-10-3-1-2-4-10)8-11-5-6-16(14,15)9-11/h10-12H,1-9,13H2. The highest BCUT2D eigenvalue weighted by Gasteiger charge is 2.29. The fourth-order valence-corrected chi connectivity index (χ4v) is 5.14. The molecule has 2 atom stereocenters. The highest BCUT2D eigenvalue weighted by molar-refractivity contribution is 7.91. The Balaban J connectivity index is 1.73. The number of nitrogens with two attached hydrogens (primary N) is 1. The number of rotatable bonds is 4. The highest BCUT2D eigenvalue weighted by atomic mass is 32.2. The molecule has 0 amide bonds. The van der Waals surface area contributed by atoms with Crippen LogP contribution in [0, 0.1) is 11.8 Å². The predicted molar refractivity (Wildman–Crippen MR) is 65.9 cm³/mol. The molecule has 4 heteroatoms. The molecule has 2 unspecified atom stereocenters. The molecule has 1 heterocycles. The maximum absolute atomic E-state index is 11.3. The van der Waals surface area contributed by atoms with Crippen molar-refractivity contribution in [3.63, 3.8) is 0 Å². The molecule has 3 nitrogen and oxygen atoms in total. The summed E-state index contributed by atoms with van der Waals surface area (Å²) >= 11 is 0. The monoisotopic (exact) mass is 245 g/mol. The second-order valence-corrected chi connectivity index (χ2v) is 7.88. The summed E-state index contributed by atoms with van der Waals surface area (Å²) in [5.74, 6) is 1.91. The van der Waals surface area contributed by atoms with Crippen LogP contribution in [0.5, 0.6) is 0 Å². The topological polar surface area (TPSA) is 60.2 Å². The van der Waals surface area contributed by atoms with Crippen molar-refractivity contribution in [3.8, 4) is 0 Å². The van der Waals surface area contributed by atoms with Crippen molar-refractivity contribution in [2.24, 2.45) is 17.6 Å². The molecule has 1 aliphatic heterocycles. The third kappa shape index (κ3) is 3.45. The maximum atomic E-state index is 11.3. The van der Waals surface area contributed by atoms with E-state index in [0.717, 1.165) is 25.2 Å². The average molecular weight is 245 g/mol. The lowest BCUT2D eigenvalue weighted by molar-refractivity contribution is 0.384. The van der Waals surface area contributed by atoms with Crippen molar-refractivity contribution < 1.29 is 8.42 Å². The first kappa shape index (κ1) is 12.4. The molecule has 2 aliphatic rings. The summed E-state index contributed by atoms with van der Waals surface area (Å²) in [5.41, 5.74) is 6.13. The summed E-state index contributed by atoms with van der Waals surface area (Å²) in [6.45, 7) is 0. The van der Waals surface area contributed by atoms with Crippen LogP contribution in [-0.2, 0) is 9.84 Å². The van der Waals surface area contributed by atoms with Gasteiger partial charge in [0.15, 0.2) is 9.84 Å². The van der Waals surface area contributed by atoms with Crippen LogP contribution in [0.2, 0.25) is 0 Å². The lowest BCUT2D eigenvalue weighted by Crippen LogP contribution is -2.26. The van der Waals surface area contributed by atoms with Crippen LogP contribution in [0.15, 0.2) is 0 Å². The van der Waals surface area contributed by atoms with Crippen molar-refractivity contribution >= 4 is 9.84 Å². The molecular formula is C12H23NO2S. The Morgan fingerprint density at radius 3 is 2.25 bits per heavy atom. The Hall–Kier alpha value is -0.0900. The maximum Gasteiger partial charge on any atom is 0.150 e. The molecule has 1 saturated heterocycles. The quantitative estimate of drug-likeness (QED) is 0.820. The zero-order valence-electron chi connectivity index (χ0n) is 9.90. The number of sulfone groups is 1. The van der Waals surface area contributed by atoms with E-state index in [-0.39, 0.29) is 6.04 Å². The first-order valence-corrected chi connectivity index (χ1v) is 8.33. The van der Waals surface area contributed by atoms with Crippen LogP contribution in [0.25, 0.3) is 0 Å². The lowest BCUT2D eigenvalue weighted by atomic mass is 9.92. The smallest absolute Gasteiger partial charge is 0.150 e. The second-order valence-electron chi connectivity index (χ2n) is 5.65. The van der Waals surface area contributed by atoms with Gasteiger partial charge in [0.05, 0.1) is 11.5 Å². The molecule has 0 spiro atoms. The van der Waals surface area contributed by atoms with Gasteiger partial charge < -0.3 is 5.73 Å². The van der Waals surface area contributed by atoms with Crippen LogP contribution >= 0.6 is 0 Å². The number of hydrogen-bond donors (Lipinski definition) is 1. The van der Waals surface area contributed by atoms with Crippen molar-refractivity contribution in [1.82, 2.24) is 0 Å². The first-order chi connectivity index (χ1) is 7.55. The summed E-state index contributed by atoms with van der Waals surface area (Å²) in [6, 6.07) is 0.224. The Morgan fingerprint density at radius 2 is 1.69 bits per heavy atom. The molecule has 0 aromatic heterocycles. The van der Waals surface area contributed by atoms with E-state index in [1.807, 2.05) is 0 Å². The third-order valence-electron chi connectivity index (χ3n) is 4.07. The normalized spacial score (nSPS) is 31.9. The summed E-state index contributed by atoms with van der Waals surface area (Å²) in [4.78, 5) is 0. The highest BCUT2D eigenvalue weighted by Crippen LogP contribution is 2.30. The van der Waals surface area contributed by atoms with Gasteiger partial charge in [0.25, 0.3) is 0 Å². The first-order valence-electron chi connectivity index (χ1n) is 6.51.